The van der Waals surface area contributed by atoms with E-state index in [0.717, 1.165) is 5.56 Å². The maximum atomic E-state index is 12.9. The number of ether oxygens (including phenoxy) is 2. The number of thioether (sulfide) groups is 1. The van der Waals surface area contributed by atoms with Gasteiger partial charge in [-0.2, -0.15) is 0 Å². The second-order valence-electron chi connectivity index (χ2n) is 6.45. The van der Waals surface area contributed by atoms with Crippen LogP contribution >= 0.6 is 23.4 Å². The van der Waals surface area contributed by atoms with Crippen LogP contribution in [0.3, 0.4) is 0 Å². The van der Waals surface area contributed by atoms with Crippen molar-refractivity contribution in [2.24, 2.45) is 0 Å². The van der Waals surface area contributed by atoms with E-state index in [2.05, 4.69) is 5.32 Å². The molecule has 5 nitrogen and oxygen atoms in total. The van der Waals surface area contributed by atoms with Gasteiger partial charge in [-0.05, 0) is 32.0 Å². The van der Waals surface area contributed by atoms with E-state index in [4.69, 9.17) is 21.1 Å². The van der Waals surface area contributed by atoms with Gasteiger partial charge < -0.3 is 19.9 Å². The molecule has 1 aliphatic heterocycles. The highest BCUT2D eigenvalue weighted by Gasteiger charge is 2.23. The third-order valence-electron chi connectivity index (χ3n) is 3.95. The summed E-state index contributed by atoms with van der Waals surface area (Å²) in [7, 11) is 0. The molecular formula is C21H22ClNO4S. The van der Waals surface area contributed by atoms with Gasteiger partial charge in [0.2, 0.25) is 0 Å². The molecule has 0 fully saturated rings. The molecule has 28 heavy (non-hydrogen) atoms. The minimum absolute atomic E-state index is 0.168. The van der Waals surface area contributed by atoms with Crippen LogP contribution in [0.5, 0.6) is 0 Å². The van der Waals surface area contributed by atoms with Crippen molar-refractivity contribution in [3.8, 4) is 0 Å². The maximum Gasteiger partial charge on any atom is 0.265 e. The average Bonchev–Trinajstić information content (AvgIpc) is 2.69. The number of hydrogen-bond acceptors (Lipinski definition) is 5. The van der Waals surface area contributed by atoms with Crippen LogP contribution < -0.4 is 5.32 Å². The van der Waals surface area contributed by atoms with E-state index in [-0.39, 0.29) is 12.0 Å². The van der Waals surface area contributed by atoms with Gasteiger partial charge in [0.05, 0.1) is 12.7 Å². The monoisotopic (exact) mass is 419 g/mol. The van der Waals surface area contributed by atoms with Crippen molar-refractivity contribution in [2.75, 3.05) is 17.7 Å². The molecule has 0 aromatic heterocycles. The molecule has 1 aliphatic rings. The smallest absolute Gasteiger partial charge is 0.265 e. The summed E-state index contributed by atoms with van der Waals surface area (Å²) in [5.74, 6) is 1.01. The van der Waals surface area contributed by atoms with Crippen LogP contribution in [0, 0.1) is 0 Å². The third-order valence-corrected chi connectivity index (χ3v) is 5.32. The van der Waals surface area contributed by atoms with Gasteiger partial charge in [0.25, 0.3) is 5.91 Å². The summed E-state index contributed by atoms with van der Waals surface area (Å²) >= 11 is 7.63. The second-order valence-corrected chi connectivity index (χ2v) is 7.96. The van der Waals surface area contributed by atoms with Gasteiger partial charge in [0.1, 0.15) is 10.7 Å². The first-order valence-electron chi connectivity index (χ1n) is 8.95. The van der Waals surface area contributed by atoms with Gasteiger partial charge in [-0.15, -0.1) is 11.8 Å². The molecule has 2 aromatic rings. The normalized spacial score (nSPS) is 15.3. The minimum atomic E-state index is -1.17. The molecule has 0 saturated heterocycles. The topological polar surface area (TPSA) is 67.8 Å². The van der Waals surface area contributed by atoms with Crippen LogP contribution in [0.25, 0.3) is 5.76 Å². The van der Waals surface area contributed by atoms with Crippen LogP contribution in [0.15, 0.2) is 53.4 Å². The molecule has 7 heteroatoms. The third kappa shape index (κ3) is 5.08. The molecule has 0 saturated carbocycles. The highest BCUT2D eigenvalue weighted by molar-refractivity contribution is 8.04. The van der Waals surface area contributed by atoms with Gasteiger partial charge in [0.15, 0.2) is 6.29 Å². The number of halogens is 1. The summed E-state index contributed by atoms with van der Waals surface area (Å²) in [6.07, 6.45) is -1.34. The SMILES string of the molecule is CC(C)OC(O)c1cc(NC(=O)C2=C(c3ccccc3)OCCS2)ccc1Cl. The summed E-state index contributed by atoms with van der Waals surface area (Å²) in [5, 5.41) is 13.4. The van der Waals surface area contributed by atoms with E-state index in [1.54, 1.807) is 18.2 Å². The Bertz CT molecular complexity index is 870. The number of aliphatic hydroxyl groups excluding tert-OH is 1. The predicted molar refractivity (Wildman–Crippen MR) is 113 cm³/mol. The highest BCUT2D eigenvalue weighted by atomic mass is 35.5. The van der Waals surface area contributed by atoms with Crippen molar-refractivity contribution in [2.45, 2.75) is 26.2 Å². The Morgan fingerprint density at radius 3 is 2.71 bits per heavy atom. The number of hydrogen-bond donors (Lipinski definition) is 2. The fourth-order valence-electron chi connectivity index (χ4n) is 2.72. The van der Waals surface area contributed by atoms with Gasteiger partial charge >= 0.3 is 0 Å². The molecule has 1 amide bonds. The fourth-order valence-corrected chi connectivity index (χ4v) is 3.79. The largest absolute Gasteiger partial charge is 0.491 e. The molecule has 1 unspecified atom stereocenters. The summed E-state index contributed by atoms with van der Waals surface area (Å²) in [6, 6.07) is 14.5. The molecule has 2 aromatic carbocycles. The van der Waals surface area contributed by atoms with Gasteiger partial charge in [-0.1, -0.05) is 41.9 Å². The molecule has 3 rings (SSSR count). The molecule has 2 N–H and O–H groups in total. The molecule has 1 atom stereocenters. The Labute approximate surface area is 173 Å². The lowest BCUT2D eigenvalue weighted by molar-refractivity contribution is -0.129. The van der Waals surface area contributed by atoms with E-state index in [1.807, 2.05) is 44.2 Å². The van der Waals surface area contributed by atoms with Gasteiger partial charge in [0, 0.05) is 27.6 Å². The zero-order valence-electron chi connectivity index (χ0n) is 15.6. The lowest BCUT2D eigenvalue weighted by atomic mass is 10.1. The lowest BCUT2D eigenvalue weighted by Crippen LogP contribution is -2.19. The summed E-state index contributed by atoms with van der Waals surface area (Å²) in [4.78, 5) is 13.4. The summed E-state index contributed by atoms with van der Waals surface area (Å²) in [6.45, 7) is 4.19. The summed E-state index contributed by atoms with van der Waals surface area (Å²) in [5.41, 5.74) is 1.78. The number of anilines is 1. The standard InChI is InChI=1S/C21H22ClNO4S/c1-13(2)27-21(25)16-12-15(8-9-17(16)22)23-20(24)19-18(26-10-11-28-19)14-6-4-3-5-7-14/h3-9,12-13,21,25H,10-11H2,1-2H3,(H,23,24). The predicted octanol–water partition coefficient (Wildman–Crippen LogP) is 4.83. The summed E-state index contributed by atoms with van der Waals surface area (Å²) < 4.78 is 11.2. The Kier molecular flexibility index (Phi) is 7.02. The van der Waals surface area contributed by atoms with E-state index in [1.165, 1.54) is 11.8 Å². The fraction of sp³-hybridized carbons (Fsp3) is 0.286. The average molecular weight is 420 g/mol. The molecule has 0 aliphatic carbocycles. The molecule has 0 radical (unpaired) electrons. The first-order chi connectivity index (χ1) is 13.5. The number of rotatable bonds is 6. The number of carbonyl (C=O) groups excluding carboxylic acids is 1. The van der Waals surface area contributed by atoms with Crippen molar-refractivity contribution >= 4 is 40.7 Å². The van der Waals surface area contributed by atoms with Crippen molar-refractivity contribution < 1.29 is 19.4 Å². The highest BCUT2D eigenvalue weighted by Crippen LogP contribution is 2.34. The number of nitrogens with one attached hydrogen (secondary N) is 1. The number of amides is 1. The van der Waals surface area contributed by atoms with E-state index in [0.29, 0.717) is 39.3 Å². The Hall–Kier alpha value is -1.99. The molecule has 148 valence electrons. The minimum Gasteiger partial charge on any atom is -0.491 e. The number of carbonyl (C=O) groups is 1. The first kappa shape index (κ1) is 20.7. The van der Waals surface area contributed by atoms with E-state index in [9.17, 15) is 9.90 Å². The van der Waals surface area contributed by atoms with Crippen molar-refractivity contribution in [1.29, 1.82) is 0 Å². The Morgan fingerprint density at radius 1 is 1.25 bits per heavy atom. The van der Waals surface area contributed by atoms with Crippen LogP contribution in [-0.2, 0) is 14.3 Å². The van der Waals surface area contributed by atoms with Crippen LogP contribution in [-0.4, -0.2) is 29.5 Å². The number of benzene rings is 2. The second kappa shape index (κ2) is 9.47. The molecular weight excluding hydrogens is 398 g/mol. The zero-order chi connectivity index (χ0) is 20.1. The van der Waals surface area contributed by atoms with Crippen molar-refractivity contribution in [3.63, 3.8) is 0 Å². The van der Waals surface area contributed by atoms with Crippen molar-refractivity contribution in [1.82, 2.24) is 0 Å². The van der Waals surface area contributed by atoms with E-state index >= 15 is 0 Å². The Balaban J connectivity index is 1.85. The van der Waals surface area contributed by atoms with Crippen molar-refractivity contribution in [3.05, 3.63) is 69.6 Å². The molecule has 0 spiro atoms. The van der Waals surface area contributed by atoms with Crippen LogP contribution in [0.2, 0.25) is 5.02 Å². The Morgan fingerprint density at radius 2 is 2.00 bits per heavy atom. The maximum absolute atomic E-state index is 12.9. The lowest BCUT2D eigenvalue weighted by Gasteiger charge is -2.21. The quantitative estimate of drug-likeness (QED) is 0.656. The zero-order valence-corrected chi connectivity index (χ0v) is 17.2. The van der Waals surface area contributed by atoms with Gasteiger partial charge in [-0.25, -0.2) is 0 Å². The first-order valence-corrected chi connectivity index (χ1v) is 10.3. The van der Waals surface area contributed by atoms with Crippen LogP contribution in [0.1, 0.15) is 31.3 Å². The number of aliphatic hydroxyl groups is 1. The molecule has 0 bridgehead atoms. The van der Waals surface area contributed by atoms with Gasteiger partial charge in [-0.3, -0.25) is 4.79 Å². The van der Waals surface area contributed by atoms with E-state index < -0.39 is 6.29 Å². The van der Waals surface area contributed by atoms with Crippen LogP contribution in [0.4, 0.5) is 5.69 Å². The molecule has 1 heterocycles.